The van der Waals surface area contributed by atoms with Gasteiger partial charge in [-0.25, -0.2) is 0 Å². The van der Waals surface area contributed by atoms with Gasteiger partial charge in [0, 0.05) is 30.2 Å². The van der Waals surface area contributed by atoms with Gasteiger partial charge in [0.25, 0.3) is 0 Å². The minimum absolute atomic E-state index is 0. The summed E-state index contributed by atoms with van der Waals surface area (Å²) < 4.78 is 0. The first-order valence-corrected chi connectivity index (χ1v) is 11.3. The zero-order valence-corrected chi connectivity index (χ0v) is 19.9. The lowest BCUT2D eigenvalue weighted by Gasteiger charge is -2.23. The molecule has 0 aliphatic heterocycles. The lowest BCUT2D eigenvalue weighted by molar-refractivity contribution is 0.443. The lowest BCUT2D eigenvalue weighted by Crippen LogP contribution is -2.40. The molecule has 0 radical (unpaired) electrons. The molecule has 4 rings (SSSR count). The molecule has 0 bridgehead atoms. The normalized spacial score (nSPS) is 12.8. The topological polar surface area (TPSA) is 24.1 Å². The van der Waals surface area contributed by atoms with Crippen molar-refractivity contribution in [3.63, 3.8) is 0 Å². The fourth-order valence-corrected chi connectivity index (χ4v) is 4.29. The zero-order chi connectivity index (χ0) is 21.5. The highest BCUT2D eigenvalue weighted by molar-refractivity contribution is 6.30. The van der Waals surface area contributed by atoms with E-state index < -0.39 is 0 Å². The zero-order valence-electron chi connectivity index (χ0n) is 18.3. The van der Waals surface area contributed by atoms with E-state index in [0.29, 0.717) is 6.04 Å². The molecule has 0 amide bonds. The molecule has 2 nitrogen and oxygen atoms in total. The Kier molecular flexibility index (Phi) is 9.13. The Morgan fingerprint density at radius 2 is 1.44 bits per heavy atom. The maximum absolute atomic E-state index is 6.17. The third kappa shape index (κ3) is 6.57. The van der Waals surface area contributed by atoms with E-state index in [1.165, 1.54) is 27.5 Å². The summed E-state index contributed by atoms with van der Waals surface area (Å²) in [5, 5.41) is 10.9. The Morgan fingerprint density at radius 3 is 2.25 bits per heavy atom. The Hall–Kier alpha value is -2.36. The highest BCUT2D eigenvalue weighted by atomic mass is 35.5. The molecular formula is C28H30Cl2N2. The fourth-order valence-electron chi connectivity index (χ4n) is 4.08. The summed E-state index contributed by atoms with van der Waals surface area (Å²) in [6.07, 6.45) is 0.969. The molecule has 0 fully saturated rings. The molecule has 0 heterocycles. The van der Waals surface area contributed by atoms with Gasteiger partial charge in [-0.15, -0.1) is 12.4 Å². The van der Waals surface area contributed by atoms with Gasteiger partial charge in [-0.05, 0) is 52.9 Å². The number of rotatable bonds is 9. The van der Waals surface area contributed by atoms with Crippen molar-refractivity contribution in [1.29, 1.82) is 0 Å². The molecule has 0 aromatic heterocycles. The number of halogens is 2. The van der Waals surface area contributed by atoms with Gasteiger partial charge >= 0.3 is 0 Å². The average molecular weight is 465 g/mol. The Morgan fingerprint density at radius 1 is 0.750 bits per heavy atom. The minimum Gasteiger partial charge on any atom is -0.309 e. The maximum Gasteiger partial charge on any atom is 0.0409 e. The van der Waals surface area contributed by atoms with E-state index in [-0.39, 0.29) is 18.4 Å². The first kappa shape index (κ1) is 24.3. The Balaban J connectivity index is 0.00000289. The molecule has 0 aliphatic carbocycles. The monoisotopic (exact) mass is 464 g/mol. The van der Waals surface area contributed by atoms with E-state index in [4.69, 9.17) is 11.6 Å². The minimum atomic E-state index is 0. The number of benzene rings is 4. The molecule has 4 heteroatoms. The van der Waals surface area contributed by atoms with Gasteiger partial charge < -0.3 is 10.6 Å². The third-order valence-corrected chi connectivity index (χ3v) is 6.00. The predicted molar refractivity (Wildman–Crippen MR) is 140 cm³/mol. The molecule has 2 N–H and O–H groups in total. The van der Waals surface area contributed by atoms with Crippen molar-refractivity contribution in [2.75, 3.05) is 6.54 Å². The van der Waals surface area contributed by atoms with Crippen LogP contribution in [0.5, 0.6) is 0 Å². The average Bonchev–Trinajstić information content (AvgIpc) is 2.81. The van der Waals surface area contributed by atoms with Gasteiger partial charge in [0.1, 0.15) is 0 Å². The van der Waals surface area contributed by atoms with Crippen molar-refractivity contribution in [2.24, 2.45) is 0 Å². The van der Waals surface area contributed by atoms with Crippen molar-refractivity contribution in [2.45, 2.75) is 32.0 Å². The molecule has 4 aromatic rings. The first-order valence-electron chi connectivity index (χ1n) is 10.9. The fraction of sp³-hybridized carbons (Fsp3) is 0.214. The molecule has 2 atom stereocenters. The number of hydrogen-bond acceptors (Lipinski definition) is 2. The second kappa shape index (κ2) is 12.0. The number of nitrogens with one attached hydrogen (secondary N) is 2. The highest BCUT2D eigenvalue weighted by Gasteiger charge is 2.14. The van der Waals surface area contributed by atoms with Crippen molar-refractivity contribution in [3.05, 3.63) is 119 Å². The third-order valence-electron chi connectivity index (χ3n) is 5.77. The van der Waals surface area contributed by atoms with Gasteiger partial charge in [-0.3, -0.25) is 0 Å². The maximum atomic E-state index is 6.17. The Bertz CT molecular complexity index is 1110. The standard InChI is InChI=1S/C28H29ClN2.ClH/c1-21(27-16-8-13-24-12-5-6-15-28(24)27)30-20-26(18-22-9-3-2-4-10-22)31-19-23-11-7-14-25(29)17-23;/h2-17,21,26,30-31H,18-20H2,1H3;1H. The molecule has 4 aromatic carbocycles. The van der Waals surface area contributed by atoms with Crippen LogP contribution in [-0.2, 0) is 13.0 Å². The van der Waals surface area contributed by atoms with Crippen molar-refractivity contribution >= 4 is 34.8 Å². The lowest BCUT2D eigenvalue weighted by atomic mass is 9.99. The second-order valence-electron chi connectivity index (χ2n) is 8.10. The van der Waals surface area contributed by atoms with Crippen LogP contribution in [0.3, 0.4) is 0 Å². The molecular weight excluding hydrogens is 435 g/mol. The Labute approximate surface area is 202 Å². The summed E-state index contributed by atoms with van der Waals surface area (Å²) in [4.78, 5) is 0. The second-order valence-corrected chi connectivity index (χ2v) is 8.53. The summed E-state index contributed by atoms with van der Waals surface area (Å²) >= 11 is 6.17. The van der Waals surface area contributed by atoms with Crippen LogP contribution in [0, 0.1) is 0 Å². The van der Waals surface area contributed by atoms with Crippen LogP contribution in [0.25, 0.3) is 10.8 Å². The van der Waals surface area contributed by atoms with E-state index >= 15 is 0 Å². The molecule has 0 saturated carbocycles. The van der Waals surface area contributed by atoms with Crippen LogP contribution in [-0.4, -0.2) is 12.6 Å². The van der Waals surface area contributed by atoms with Crippen LogP contribution in [0.1, 0.15) is 29.7 Å². The van der Waals surface area contributed by atoms with Crippen LogP contribution < -0.4 is 10.6 Å². The summed E-state index contributed by atoms with van der Waals surface area (Å²) in [6.45, 7) is 3.92. The van der Waals surface area contributed by atoms with Crippen LogP contribution >= 0.6 is 24.0 Å². The van der Waals surface area contributed by atoms with Gasteiger partial charge in [-0.1, -0.05) is 96.5 Å². The SMILES string of the molecule is CC(NCC(Cc1ccccc1)NCc1cccc(Cl)c1)c1cccc2ccccc12.Cl. The van der Waals surface area contributed by atoms with Crippen LogP contribution in [0.4, 0.5) is 0 Å². The molecule has 2 unspecified atom stereocenters. The summed E-state index contributed by atoms with van der Waals surface area (Å²) in [7, 11) is 0. The molecule has 0 saturated heterocycles. The largest absolute Gasteiger partial charge is 0.309 e. The number of fused-ring (bicyclic) bond motifs is 1. The van der Waals surface area contributed by atoms with E-state index in [0.717, 1.165) is 24.5 Å². The summed E-state index contributed by atoms with van der Waals surface area (Å²) in [5.74, 6) is 0. The smallest absolute Gasteiger partial charge is 0.0409 e. The van der Waals surface area contributed by atoms with E-state index in [2.05, 4.69) is 96.4 Å². The quantitative estimate of drug-likeness (QED) is 0.279. The van der Waals surface area contributed by atoms with Crippen molar-refractivity contribution < 1.29 is 0 Å². The van der Waals surface area contributed by atoms with E-state index in [1.807, 2.05) is 18.2 Å². The van der Waals surface area contributed by atoms with E-state index in [9.17, 15) is 0 Å². The highest BCUT2D eigenvalue weighted by Crippen LogP contribution is 2.24. The van der Waals surface area contributed by atoms with Gasteiger partial charge in [0.2, 0.25) is 0 Å². The molecule has 32 heavy (non-hydrogen) atoms. The van der Waals surface area contributed by atoms with Gasteiger partial charge in [0.05, 0.1) is 0 Å². The molecule has 0 spiro atoms. The summed E-state index contributed by atoms with van der Waals surface area (Å²) in [6, 6.07) is 34.5. The molecule has 0 aliphatic rings. The van der Waals surface area contributed by atoms with Gasteiger partial charge in [-0.2, -0.15) is 0 Å². The molecule has 166 valence electrons. The van der Waals surface area contributed by atoms with Gasteiger partial charge in [0.15, 0.2) is 0 Å². The number of hydrogen-bond donors (Lipinski definition) is 2. The van der Waals surface area contributed by atoms with Crippen LogP contribution in [0.15, 0.2) is 97.1 Å². The first-order chi connectivity index (χ1) is 15.2. The summed E-state index contributed by atoms with van der Waals surface area (Å²) in [5.41, 5.74) is 3.88. The van der Waals surface area contributed by atoms with Crippen LogP contribution in [0.2, 0.25) is 5.02 Å². The van der Waals surface area contributed by atoms with Crippen molar-refractivity contribution in [3.8, 4) is 0 Å². The van der Waals surface area contributed by atoms with Crippen molar-refractivity contribution in [1.82, 2.24) is 10.6 Å². The predicted octanol–water partition coefficient (Wildman–Crippen LogP) is 6.97. The van der Waals surface area contributed by atoms with E-state index in [1.54, 1.807) is 0 Å².